The van der Waals surface area contributed by atoms with E-state index < -0.39 is 46.6 Å². The highest BCUT2D eigenvalue weighted by Gasteiger charge is 2.39. The molecule has 2 aromatic rings. The average Bonchev–Trinajstić information content (AvgIpc) is 2.63. The van der Waals surface area contributed by atoms with Gasteiger partial charge in [-0.1, -0.05) is 32.0 Å². The lowest BCUT2D eigenvalue weighted by Crippen LogP contribution is -2.20. The van der Waals surface area contributed by atoms with Crippen molar-refractivity contribution in [2.24, 2.45) is 5.92 Å². The molecule has 0 aliphatic rings. The summed E-state index contributed by atoms with van der Waals surface area (Å²) in [6.07, 6.45) is -6.09. The van der Waals surface area contributed by atoms with Crippen molar-refractivity contribution in [3.8, 4) is 11.5 Å². The van der Waals surface area contributed by atoms with Gasteiger partial charge < -0.3 is 20.3 Å². The van der Waals surface area contributed by atoms with Gasteiger partial charge in [-0.3, -0.25) is 4.79 Å². The second kappa shape index (κ2) is 9.06. The van der Waals surface area contributed by atoms with Crippen LogP contribution in [0.2, 0.25) is 0 Å². The van der Waals surface area contributed by atoms with E-state index in [9.17, 15) is 27.9 Å². The molecular weight excluding hydrogens is 403 g/mol. The first-order chi connectivity index (χ1) is 13.9. The van der Waals surface area contributed by atoms with Gasteiger partial charge in [0.25, 0.3) is 0 Å². The molecular formula is C21H22F3NO5. The lowest BCUT2D eigenvalue weighted by Gasteiger charge is -2.18. The van der Waals surface area contributed by atoms with Gasteiger partial charge >= 0.3 is 12.3 Å². The Kier molecular flexibility index (Phi) is 6.96. The number of phenolic OH excluding ortho intramolecular Hbond substituents is 1. The first-order valence-electron chi connectivity index (χ1n) is 9.07. The number of nitrogens with one attached hydrogen (secondary N) is 1. The number of carbonyl (C=O) groups excluding carboxylic acids is 1. The van der Waals surface area contributed by atoms with Crippen molar-refractivity contribution in [1.82, 2.24) is 5.32 Å². The fourth-order valence-electron chi connectivity index (χ4n) is 2.85. The molecule has 0 bridgehead atoms. The lowest BCUT2D eigenvalue weighted by molar-refractivity contribution is -0.140. The number of carboxylic acid groups (broad SMARTS) is 1. The summed E-state index contributed by atoms with van der Waals surface area (Å²) < 4.78 is 45.9. The van der Waals surface area contributed by atoms with Gasteiger partial charge in [-0.25, -0.2) is 4.79 Å². The van der Waals surface area contributed by atoms with Gasteiger partial charge in [-0.05, 0) is 35.7 Å². The zero-order chi connectivity index (χ0) is 22.6. The number of benzene rings is 2. The van der Waals surface area contributed by atoms with E-state index >= 15 is 0 Å². The Bertz CT molecular complexity index is 954. The van der Waals surface area contributed by atoms with Gasteiger partial charge in [0.2, 0.25) is 0 Å². The summed E-state index contributed by atoms with van der Waals surface area (Å²) in [6, 6.07) is 7.07. The second-order valence-electron chi connectivity index (χ2n) is 7.06. The van der Waals surface area contributed by atoms with Crippen LogP contribution >= 0.6 is 0 Å². The fourth-order valence-corrected chi connectivity index (χ4v) is 2.85. The minimum absolute atomic E-state index is 0.0970. The van der Waals surface area contributed by atoms with Gasteiger partial charge in [0.1, 0.15) is 23.7 Å². The SMILES string of the molecule is Cc1cc(COc2ccc(C(=O)C(C)C)c(O)c2C(F)(F)F)ccc1CNC(=O)O. The quantitative estimate of drug-likeness (QED) is 0.548. The summed E-state index contributed by atoms with van der Waals surface area (Å²) in [6.45, 7) is 4.67. The highest BCUT2D eigenvalue weighted by Crippen LogP contribution is 2.44. The minimum Gasteiger partial charge on any atom is -0.506 e. The van der Waals surface area contributed by atoms with Crippen LogP contribution in [0.1, 0.15) is 46.5 Å². The number of carbonyl (C=O) groups is 2. The van der Waals surface area contributed by atoms with E-state index in [0.717, 1.165) is 17.7 Å². The second-order valence-corrected chi connectivity index (χ2v) is 7.06. The summed E-state index contributed by atoms with van der Waals surface area (Å²) in [5.41, 5.74) is 0.207. The summed E-state index contributed by atoms with van der Waals surface area (Å²) >= 11 is 0. The zero-order valence-electron chi connectivity index (χ0n) is 16.6. The van der Waals surface area contributed by atoms with Crippen LogP contribution in [0.4, 0.5) is 18.0 Å². The van der Waals surface area contributed by atoms with Crippen LogP contribution in [0, 0.1) is 12.8 Å². The number of amides is 1. The van der Waals surface area contributed by atoms with E-state index in [1.165, 1.54) is 13.8 Å². The maximum absolute atomic E-state index is 13.5. The molecule has 0 unspecified atom stereocenters. The molecule has 1 amide bonds. The smallest absolute Gasteiger partial charge is 0.423 e. The number of halogens is 3. The number of aromatic hydroxyl groups is 1. The maximum Gasteiger partial charge on any atom is 0.423 e. The molecule has 0 saturated carbocycles. The summed E-state index contributed by atoms with van der Waals surface area (Å²) in [4.78, 5) is 22.7. The number of ether oxygens (including phenoxy) is 1. The Hall–Kier alpha value is -3.23. The Labute approximate surface area is 171 Å². The van der Waals surface area contributed by atoms with Crippen LogP contribution in [0.15, 0.2) is 30.3 Å². The van der Waals surface area contributed by atoms with Crippen LogP contribution in [0.25, 0.3) is 0 Å². The molecule has 0 aliphatic carbocycles. The number of rotatable bonds is 7. The standard InChI is InChI=1S/C21H22F3NO5/c1-11(2)18(26)15-6-7-16(17(19(15)27)21(22,23)24)30-10-13-4-5-14(12(3)8-13)9-25-20(28)29/h4-8,11,25,27H,9-10H2,1-3H3,(H,28,29). The molecule has 0 atom stereocenters. The van der Waals surface area contributed by atoms with E-state index in [2.05, 4.69) is 5.32 Å². The number of ketones is 1. The molecule has 0 saturated heterocycles. The third-order valence-electron chi connectivity index (χ3n) is 4.44. The van der Waals surface area contributed by atoms with Gasteiger partial charge in [0.15, 0.2) is 5.78 Å². The topological polar surface area (TPSA) is 95.9 Å². The molecule has 3 N–H and O–H groups in total. The highest BCUT2D eigenvalue weighted by atomic mass is 19.4. The van der Waals surface area contributed by atoms with E-state index in [4.69, 9.17) is 9.84 Å². The van der Waals surface area contributed by atoms with Crippen LogP contribution in [0.3, 0.4) is 0 Å². The molecule has 0 spiro atoms. The molecule has 0 aliphatic heterocycles. The maximum atomic E-state index is 13.5. The first kappa shape index (κ1) is 23.1. The van der Waals surface area contributed by atoms with E-state index in [-0.39, 0.29) is 13.2 Å². The Morgan fingerprint density at radius 1 is 1.17 bits per heavy atom. The fraction of sp³-hybridized carbons (Fsp3) is 0.333. The van der Waals surface area contributed by atoms with Crippen molar-refractivity contribution in [2.45, 2.75) is 40.1 Å². The number of hydrogen-bond donors (Lipinski definition) is 3. The van der Waals surface area contributed by atoms with Crippen LogP contribution in [-0.2, 0) is 19.3 Å². The number of Topliss-reactive ketones (excluding diaryl/α,β-unsaturated/α-hetero) is 1. The minimum atomic E-state index is -4.92. The molecule has 0 heterocycles. The average molecular weight is 425 g/mol. The predicted octanol–water partition coefficient (Wildman–Crippen LogP) is 4.90. The molecule has 0 radical (unpaired) electrons. The third-order valence-corrected chi connectivity index (χ3v) is 4.44. The van der Waals surface area contributed by atoms with E-state index in [1.807, 2.05) is 0 Å². The van der Waals surface area contributed by atoms with Crippen molar-refractivity contribution in [3.63, 3.8) is 0 Å². The highest BCUT2D eigenvalue weighted by molar-refractivity contribution is 6.00. The van der Waals surface area contributed by atoms with Crippen molar-refractivity contribution in [3.05, 3.63) is 58.1 Å². The first-order valence-corrected chi connectivity index (χ1v) is 9.07. The monoisotopic (exact) mass is 425 g/mol. The van der Waals surface area contributed by atoms with Crippen molar-refractivity contribution >= 4 is 11.9 Å². The normalized spacial score (nSPS) is 11.4. The molecule has 0 fully saturated rings. The zero-order valence-corrected chi connectivity index (χ0v) is 16.6. The third kappa shape index (κ3) is 5.43. The Morgan fingerprint density at radius 3 is 2.37 bits per heavy atom. The molecule has 2 aromatic carbocycles. The number of aryl methyl sites for hydroxylation is 1. The van der Waals surface area contributed by atoms with Crippen molar-refractivity contribution < 1.29 is 37.7 Å². The van der Waals surface area contributed by atoms with Crippen molar-refractivity contribution in [2.75, 3.05) is 0 Å². The number of phenols is 1. The summed E-state index contributed by atoms with van der Waals surface area (Å²) in [7, 11) is 0. The Balaban J connectivity index is 2.28. The van der Waals surface area contributed by atoms with Crippen LogP contribution < -0.4 is 10.1 Å². The van der Waals surface area contributed by atoms with E-state index in [1.54, 1.807) is 25.1 Å². The molecule has 0 aromatic heterocycles. The molecule has 162 valence electrons. The summed E-state index contributed by atoms with van der Waals surface area (Å²) in [5.74, 6) is -2.92. The van der Waals surface area contributed by atoms with E-state index in [0.29, 0.717) is 11.1 Å². The number of alkyl halides is 3. The van der Waals surface area contributed by atoms with Crippen molar-refractivity contribution in [1.29, 1.82) is 0 Å². The lowest BCUT2D eigenvalue weighted by atomic mass is 9.97. The predicted molar refractivity (Wildman–Crippen MR) is 103 cm³/mol. The largest absolute Gasteiger partial charge is 0.506 e. The van der Waals surface area contributed by atoms with Gasteiger partial charge in [0.05, 0.1) is 5.56 Å². The van der Waals surface area contributed by atoms with Crippen LogP contribution in [0.5, 0.6) is 11.5 Å². The summed E-state index contributed by atoms with van der Waals surface area (Å²) in [5, 5.41) is 21.0. The van der Waals surface area contributed by atoms with Gasteiger partial charge in [-0.2, -0.15) is 13.2 Å². The number of hydrogen-bond acceptors (Lipinski definition) is 4. The molecule has 2 rings (SSSR count). The molecule has 6 nitrogen and oxygen atoms in total. The molecule has 30 heavy (non-hydrogen) atoms. The van der Waals surface area contributed by atoms with Gasteiger partial charge in [0, 0.05) is 12.5 Å². The Morgan fingerprint density at radius 2 is 1.83 bits per heavy atom. The molecule has 9 heteroatoms. The van der Waals surface area contributed by atoms with Crippen LogP contribution in [-0.4, -0.2) is 22.1 Å². The van der Waals surface area contributed by atoms with Gasteiger partial charge in [-0.15, -0.1) is 0 Å².